The van der Waals surface area contributed by atoms with Crippen LogP contribution in [0.3, 0.4) is 0 Å². The van der Waals surface area contributed by atoms with Gasteiger partial charge in [0.05, 0.1) is 13.2 Å². The van der Waals surface area contributed by atoms with Gasteiger partial charge in [-0.25, -0.2) is 0 Å². The zero-order valence-electron chi connectivity index (χ0n) is 8.83. The molecule has 0 aromatic rings. The SMILES string of the molecule is CCC(C)C1CC1N1CCOCC1. The van der Waals surface area contributed by atoms with Crippen molar-refractivity contribution in [3.63, 3.8) is 0 Å². The second-order valence-electron chi connectivity index (χ2n) is 4.50. The molecule has 0 aromatic carbocycles. The van der Waals surface area contributed by atoms with Crippen LogP contribution >= 0.6 is 0 Å². The number of hydrogen-bond donors (Lipinski definition) is 0. The van der Waals surface area contributed by atoms with Gasteiger partial charge in [-0.15, -0.1) is 0 Å². The molecule has 2 fully saturated rings. The molecule has 1 aliphatic heterocycles. The molecule has 3 unspecified atom stereocenters. The summed E-state index contributed by atoms with van der Waals surface area (Å²) in [6.07, 6.45) is 2.78. The first-order valence-corrected chi connectivity index (χ1v) is 5.64. The zero-order chi connectivity index (χ0) is 9.26. The molecule has 76 valence electrons. The monoisotopic (exact) mass is 183 g/mol. The van der Waals surface area contributed by atoms with Crippen LogP contribution in [0.2, 0.25) is 0 Å². The lowest BCUT2D eigenvalue weighted by molar-refractivity contribution is 0.0302. The van der Waals surface area contributed by atoms with Gasteiger partial charge in [0, 0.05) is 19.1 Å². The average molecular weight is 183 g/mol. The minimum Gasteiger partial charge on any atom is -0.379 e. The normalized spacial score (nSPS) is 37.4. The number of nitrogens with zero attached hydrogens (tertiary/aromatic N) is 1. The molecule has 2 heteroatoms. The maximum absolute atomic E-state index is 5.36. The van der Waals surface area contributed by atoms with Crippen LogP contribution in [-0.4, -0.2) is 37.2 Å². The number of rotatable bonds is 3. The predicted molar refractivity (Wildman–Crippen MR) is 53.7 cm³/mol. The summed E-state index contributed by atoms with van der Waals surface area (Å²) in [5.74, 6) is 1.91. The van der Waals surface area contributed by atoms with Crippen molar-refractivity contribution in [2.24, 2.45) is 11.8 Å². The fourth-order valence-corrected chi connectivity index (χ4v) is 2.44. The van der Waals surface area contributed by atoms with E-state index in [0.717, 1.165) is 44.2 Å². The van der Waals surface area contributed by atoms with E-state index in [-0.39, 0.29) is 0 Å². The minimum atomic E-state index is 0.902. The van der Waals surface area contributed by atoms with Crippen molar-refractivity contribution >= 4 is 0 Å². The number of morpholine rings is 1. The van der Waals surface area contributed by atoms with Gasteiger partial charge >= 0.3 is 0 Å². The van der Waals surface area contributed by atoms with Gasteiger partial charge in [-0.1, -0.05) is 20.3 Å². The molecule has 0 spiro atoms. The molecule has 1 saturated carbocycles. The lowest BCUT2D eigenvalue weighted by Gasteiger charge is -2.27. The molecule has 0 aromatic heterocycles. The molecule has 1 aliphatic carbocycles. The summed E-state index contributed by atoms with van der Waals surface area (Å²) in [7, 11) is 0. The van der Waals surface area contributed by atoms with Crippen molar-refractivity contribution in [1.29, 1.82) is 0 Å². The highest BCUT2D eigenvalue weighted by Crippen LogP contribution is 2.42. The molecule has 3 atom stereocenters. The van der Waals surface area contributed by atoms with E-state index >= 15 is 0 Å². The standard InChI is InChI=1S/C11H21NO/c1-3-9(2)10-8-11(10)12-4-6-13-7-5-12/h9-11H,3-8H2,1-2H3. The topological polar surface area (TPSA) is 12.5 Å². The van der Waals surface area contributed by atoms with Crippen LogP contribution in [-0.2, 0) is 4.74 Å². The summed E-state index contributed by atoms with van der Waals surface area (Å²) in [5.41, 5.74) is 0. The van der Waals surface area contributed by atoms with Crippen molar-refractivity contribution in [3.05, 3.63) is 0 Å². The summed E-state index contributed by atoms with van der Waals surface area (Å²) >= 11 is 0. The Morgan fingerprint density at radius 2 is 2.08 bits per heavy atom. The van der Waals surface area contributed by atoms with Crippen molar-refractivity contribution in [3.8, 4) is 0 Å². The first-order valence-electron chi connectivity index (χ1n) is 5.64. The summed E-state index contributed by atoms with van der Waals surface area (Å²) in [4.78, 5) is 2.63. The molecule has 0 N–H and O–H groups in total. The Kier molecular flexibility index (Phi) is 2.89. The quantitative estimate of drug-likeness (QED) is 0.661. The van der Waals surface area contributed by atoms with E-state index in [1.165, 1.54) is 12.8 Å². The molecular weight excluding hydrogens is 162 g/mol. The summed E-state index contributed by atoms with van der Waals surface area (Å²) in [5, 5.41) is 0. The molecule has 2 aliphatic rings. The third-order valence-electron chi connectivity index (χ3n) is 3.69. The first kappa shape index (κ1) is 9.47. The second kappa shape index (κ2) is 3.97. The molecule has 2 rings (SSSR count). The Morgan fingerprint density at radius 1 is 1.38 bits per heavy atom. The van der Waals surface area contributed by atoms with Gasteiger partial charge in [-0.05, 0) is 18.3 Å². The Hall–Kier alpha value is -0.0800. The smallest absolute Gasteiger partial charge is 0.0594 e. The summed E-state index contributed by atoms with van der Waals surface area (Å²) in [6.45, 7) is 8.92. The average Bonchev–Trinajstić information content (AvgIpc) is 2.98. The van der Waals surface area contributed by atoms with E-state index in [1.807, 2.05) is 0 Å². The Labute approximate surface area is 81.3 Å². The third-order valence-corrected chi connectivity index (χ3v) is 3.69. The molecule has 13 heavy (non-hydrogen) atoms. The van der Waals surface area contributed by atoms with Crippen molar-refractivity contribution in [2.75, 3.05) is 26.3 Å². The second-order valence-corrected chi connectivity index (χ2v) is 4.50. The highest BCUT2D eigenvalue weighted by atomic mass is 16.5. The van der Waals surface area contributed by atoms with Crippen LogP contribution in [0.4, 0.5) is 0 Å². The van der Waals surface area contributed by atoms with Crippen LogP contribution in [0, 0.1) is 11.8 Å². The van der Waals surface area contributed by atoms with Gasteiger partial charge in [0.25, 0.3) is 0 Å². The van der Waals surface area contributed by atoms with Crippen LogP contribution in [0.15, 0.2) is 0 Å². The maximum atomic E-state index is 5.36. The molecule has 0 amide bonds. The van der Waals surface area contributed by atoms with E-state index in [1.54, 1.807) is 0 Å². The van der Waals surface area contributed by atoms with Gasteiger partial charge in [-0.2, -0.15) is 0 Å². The maximum Gasteiger partial charge on any atom is 0.0594 e. The molecule has 0 radical (unpaired) electrons. The fraction of sp³-hybridized carbons (Fsp3) is 1.00. The highest BCUT2D eigenvalue weighted by Gasteiger charge is 2.44. The Balaban J connectivity index is 1.77. The Bertz CT molecular complexity index is 165. The van der Waals surface area contributed by atoms with Crippen LogP contribution in [0.25, 0.3) is 0 Å². The lowest BCUT2D eigenvalue weighted by Crippen LogP contribution is -2.38. The zero-order valence-corrected chi connectivity index (χ0v) is 8.83. The van der Waals surface area contributed by atoms with E-state index in [9.17, 15) is 0 Å². The first-order chi connectivity index (χ1) is 6.33. The van der Waals surface area contributed by atoms with E-state index in [0.29, 0.717) is 0 Å². The lowest BCUT2D eigenvalue weighted by atomic mass is 10.0. The van der Waals surface area contributed by atoms with Gasteiger partial charge in [-0.3, -0.25) is 4.90 Å². The van der Waals surface area contributed by atoms with E-state index < -0.39 is 0 Å². The minimum absolute atomic E-state index is 0.902. The highest BCUT2D eigenvalue weighted by molar-refractivity contribution is 4.97. The fourth-order valence-electron chi connectivity index (χ4n) is 2.44. The van der Waals surface area contributed by atoms with Gasteiger partial charge in [0.1, 0.15) is 0 Å². The van der Waals surface area contributed by atoms with Crippen molar-refractivity contribution in [2.45, 2.75) is 32.7 Å². The van der Waals surface area contributed by atoms with Crippen LogP contribution < -0.4 is 0 Å². The molecular formula is C11H21NO. The van der Waals surface area contributed by atoms with E-state index in [2.05, 4.69) is 18.7 Å². The molecule has 1 saturated heterocycles. The number of hydrogen-bond acceptors (Lipinski definition) is 2. The largest absolute Gasteiger partial charge is 0.379 e. The van der Waals surface area contributed by atoms with E-state index in [4.69, 9.17) is 4.74 Å². The van der Waals surface area contributed by atoms with Gasteiger partial charge in [0.15, 0.2) is 0 Å². The Morgan fingerprint density at radius 3 is 2.69 bits per heavy atom. The van der Waals surface area contributed by atoms with Crippen LogP contribution in [0.5, 0.6) is 0 Å². The molecule has 1 heterocycles. The summed E-state index contributed by atoms with van der Waals surface area (Å²) < 4.78 is 5.36. The predicted octanol–water partition coefficient (Wildman–Crippen LogP) is 1.75. The summed E-state index contributed by atoms with van der Waals surface area (Å²) in [6, 6.07) is 0.902. The van der Waals surface area contributed by atoms with Crippen molar-refractivity contribution in [1.82, 2.24) is 4.90 Å². The van der Waals surface area contributed by atoms with Crippen LogP contribution in [0.1, 0.15) is 26.7 Å². The van der Waals surface area contributed by atoms with Gasteiger partial charge in [0.2, 0.25) is 0 Å². The van der Waals surface area contributed by atoms with Gasteiger partial charge < -0.3 is 4.74 Å². The molecule has 2 nitrogen and oxygen atoms in total. The third kappa shape index (κ3) is 2.05. The number of ether oxygens (including phenoxy) is 1. The van der Waals surface area contributed by atoms with Crippen molar-refractivity contribution < 1.29 is 4.74 Å². The molecule has 0 bridgehead atoms.